The Morgan fingerprint density at radius 3 is 2.50 bits per heavy atom. The smallest absolute Gasteiger partial charge is 0.243 e. The molecular formula is C9H14ClFN2O2S. The fourth-order valence-corrected chi connectivity index (χ4v) is 2.37. The third-order valence-corrected chi connectivity index (χ3v) is 3.46. The van der Waals surface area contributed by atoms with Crippen LogP contribution >= 0.6 is 12.4 Å². The van der Waals surface area contributed by atoms with Crippen molar-refractivity contribution in [2.75, 3.05) is 6.54 Å². The topological polar surface area (TPSA) is 72.2 Å². The summed E-state index contributed by atoms with van der Waals surface area (Å²) in [4.78, 5) is -0.356. The Hall–Kier alpha value is -0.690. The molecule has 92 valence electrons. The number of halogens is 2. The largest absolute Gasteiger partial charge is 0.329 e. The minimum absolute atomic E-state index is 0. The van der Waals surface area contributed by atoms with E-state index in [0.29, 0.717) is 0 Å². The quantitative estimate of drug-likeness (QED) is 0.851. The molecule has 7 heteroatoms. The fraction of sp³-hybridized carbons (Fsp3) is 0.333. The number of sulfonamides is 1. The van der Waals surface area contributed by atoms with E-state index in [-0.39, 0.29) is 23.8 Å². The molecule has 1 atom stereocenters. The van der Waals surface area contributed by atoms with Crippen LogP contribution in [0, 0.1) is 5.82 Å². The molecule has 16 heavy (non-hydrogen) atoms. The zero-order valence-corrected chi connectivity index (χ0v) is 10.3. The molecule has 0 saturated carbocycles. The van der Waals surface area contributed by atoms with E-state index in [1.807, 2.05) is 0 Å². The van der Waals surface area contributed by atoms with Gasteiger partial charge >= 0.3 is 0 Å². The predicted molar refractivity (Wildman–Crippen MR) is 62.5 cm³/mol. The molecule has 0 heterocycles. The molecule has 0 aromatic heterocycles. The molecule has 1 aromatic rings. The van der Waals surface area contributed by atoms with Gasteiger partial charge in [0.15, 0.2) is 0 Å². The second-order valence-electron chi connectivity index (χ2n) is 3.19. The van der Waals surface area contributed by atoms with Gasteiger partial charge in [0.05, 0.1) is 0 Å². The Morgan fingerprint density at radius 1 is 1.44 bits per heavy atom. The Bertz CT molecular complexity index is 439. The number of benzene rings is 1. The molecule has 0 radical (unpaired) electrons. The average molecular weight is 269 g/mol. The lowest BCUT2D eigenvalue weighted by Gasteiger charge is -2.12. The molecule has 0 bridgehead atoms. The highest BCUT2D eigenvalue weighted by atomic mass is 35.5. The normalized spacial score (nSPS) is 12.9. The Kier molecular flexibility index (Phi) is 5.88. The minimum Gasteiger partial charge on any atom is -0.329 e. The molecule has 1 rings (SSSR count). The first-order valence-electron chi connectivity index (χ1n) is 4.44. The third kappa shape index (κ3) is 3.71. The van der Waals surface area contributed by atoms with E-state index in [2.05, 4.69) is 4.72 Å². The Balaban J connectivity index is 0.00000225. The van der Waals surface area contributed by atoms with Gasteiger partial charge in [-0.1, -0.05) is 12.1 Å². The molecular weight excluding hydrogens is 255 g/mol. The van der Waals surface area contributed by atoms with Gasteiger partial charge in [-0.15, -0.1) is 12.4 Å². The van der Waals surface area contributed by atoms with E-state index in [9.17, 15) is 12.8 Å². The van der Waals surface area contributed by atoms with Crippen molar-refractivity contribution in [3.63, 3.8) is 0 Å². The molecule has 0 aliphatic rings. The van der Waals surface area contributed by atoms with Gasteiger partial charge in [-0.2, -0.15) is 0 Å². The Morgan fingerprint density at radius 2 is 2.00 bits per heavy atom. The maximum atomic E-state index is 13.2. The van der Waals surface area contributed by atoms with Crippen molar-refractivity contribution in [1.82, 2.24) is 4.72 Å². The third-order valence-electron chi connectivity index (χ3n) is 1.84. The number of hydrogen-bond donors (Lipinski definition) is 2. The van der Waals surface area contributed by atoms with E-state index in [0.717, 1.165) is 6.07 Å². The van der Waals surface area contributed by atoms with E-state index >= 15 is 0 Å². The van der Waals surface area contributed by atoms with E-state index < -0.39 is 21.9 Å². The monoisotopic (exact) mass is 268 g/mol. The van der Waals surface area contributed by atoms with Gasteiger partial charge in [0.25, 0.3) is 0 Å². The number of hydrogen-bond acceptors (Lipinski definition) is 3. The maximum Gasteiger partial charge on any atom is 0.243 e. The molecule has 0 spiro atoms. The summed E-state index contributed by atoms with van der Waals surface area (Å²) in [5, 5.41) is 0. The average Bonchev–Trinajstić information content (AvgIpc) is 2.17. The molecule has 4 nitrogen and oxygen atoms in total. The van der Waals surface area contributed by atoms with E-state index in [1.54, 1.807) is 6.92 Å². The zero-order valence-electron chi connectivity index (χ0n) is 8.68. The van der Waals surface area contributed by atoms with Crippen molar-refractivity contribution in [2.45, 2.75) is 17.9 Å². The summed E-state index contributed by atoms with van der Waals surface area (Å²) >= 11 is 0. The summed E-state index contributed by atoms with van der Waals surface area (Å²) in [6.45, 7) is 1.77. The van der Waals surface area contributed by atoms with Crippen LogP contribution in [-0.4, -0.2) is 21.0 Å². The van der Waals surface area contributed by atoms with Crippen LogP contribution in [0.15, 0.2) is 29.2 Å². The number of nitrogens with one attached hydrogen (secondary N) is 1. The van der Waals surface area contributed by atoms with Crippen LogP contribution in [0.5, 0.6) is 0 Å². The highest BCUT2D eigenvalue weighted by molar-refractivity contribution is 7.89. The van der Waals surface area contributed by atoms with Crippen molar-refractivity contribution in [3.05, 3.63) is 30.1 Å². The van der Waals surface area contributed by atoms with Crippen LogP contribution in [0.1, 0.15) is 6.92 Å². The molecule has 3 N–H and O–H groups in total. The lowest BCUT2D eigenvalue weighted by Crippen LogP contribution is -2.38. The van der Waals surface area contributed by atoms with Gasteiger partial charge in [-0.25, -0.2) is 17.5 Å². The van der Waals surface area contributed by atoms with Crippen molar-refractivity contribution in [2.24, 2.45) is 5.73 Å². The highest BCUT2D eigenvalue weighted by Crippen LogP contribution is 2.13. The highest BCUT2D eigenvalue weighted by Gasteiger charge is 2.19. The van der Waals surface area contributed by atoms with Crippen LogP contribution in [-0.2, 0) is 10.0 Å². The summed E-state index contributed by atoms with van der Waals surface area (Å²) in [5.41, 5.74) is 5.27. The molecule has 0 saturated heterocycles. The van der Waals surface area contributed by atoms with Gasteiger partial charge in [0.1, 0.15) is 10.7 Å². The lowest BCUT2D eigenvalue weighted by molar-refractivity contribution is 0.544. The van der Waals surface area contributed by atoms with Gasteiger partial charge in [0.2, 0.25) is 10.0 Å². The molecule has 0 fully saturated rings. The van der Waals surface area contributed by atoms with Gasteiger partial charge in [-0.3, -0.25) is 0 Å². The summed E-state index contributed by atoms with van der Waals surface area (Å²) in [5.74, 6) is -0.769. The summed E-state index contributed by atoms with van der Waals surface area (Å²) in [7, 11) is -3.81. The standard InChI is InChI=1S/C9H13FN2O2S.ClH/c1-7(6-11)12-15(13,14)9-5-3-2-4-8(9)10;/h2-5,7,12H,6,11H2,1H3;1H/t7-;/m1./s1. The van der Waals surface area contributed by atoms with Crippen LogP contribution in [0.4, 0.5) is 4.39 Å². The molecule has 0 aliphatic carbocycles. The number of nitrogens with two attached hydrogens (primary N) is 1. The maximum absolute atomic E-state index is 13.2. The molecule has 0 aliphatic heterocycles. The van der Waals surface area contributed by atoms with Crippen molar-refractivity contribution < 1.29 is 12.8 Å². The van der Waals surface area contributed by atoms with Crippen LogP contribution in [0.3, 0.4) is 0 Å². The molecule has 1 aromatic carbocycles. The van der Waals surface area contributed by atoms with Crippen molar-refractivity contribution in [3.8, 4) is 0 Å². The zero-order chi connectivity index (χ0) is 11.5. The fourth-order valence-electron chi connectivity index (χ4n) is 1.04. The van der Waals surface area contributed by atoms with E-state index in [1.165, 1.54) is 18.2 Å². The van der Waals surface area contributed by atoms with Crippen LogP contribution in [0.25, 0.3) is 0 Å². The van der Waals surface area contributed by atoms with E-state index in [4.69, 9.17) is 5.73 Å². The summed E-state index contributed by atoms with van der Waals surface area (Å²) in [6.07, 6.45) is 0. The van der Waals surface area contributed by atoms with Crippen LogP contribution in [0.2, 0.25) is 0 Å². The second kappa shape index (κ2) is 6.15. The van der Waals surface area contributed by atoms with Gasteiger partial charge in [0, 0.05) is 12.6 Å². The Labute approximate surface area is 100 Å². The summed E-state index contributed by atoms with van der Waals surface area (Å²) < 4.78 is 38.7. The molecule has 0 unspecified atom stereocenters. The first-order valence-corrected chi connectivity index (χ1v) is 5.92. The minimum atomic E-state index is -3.81. The first kappa shape index (κ1) is 15.3. The summed E-state index contributed by atoms with van der Waals surface area (Å²) in [6, 6.07) is 4.78. The first-order chi connectivity index (χ1) is 6.97. The lowest BCUT2D eigenvalue weighted by atomic mass is 10.3. The van der Waals surface area contributed by atoms with Gasteiger partial charge in [-0.05, 0) is 19.1 Å². The number of rotatable bonds is 4. The second-order valence-corrected chi connectivity index (χ2v) is 4.87. The van der Waals surface area contributed by atoms with Gasteiger partial charge < -0.3 is 5.73 Å². The SMILES string of the molecule is C[C@H](CN)NS(=O)(=O)c1ccccc1F.Cl. The van der Waals surface area contributed by atoms with Crippen molar-refractivity contribution in [1.29, 1.82) is 0 Å². The van der Waals surface area contributed by atoms with Crippen molar-refractivity contribution >= 4 is 22.4 Å². The predicted octanol–water partition coefficient (Wildman–Crippen LogP) is 0.873. The molecule has 0 amide bonds. The van der Waals surface area contributed by atoms with Crippen LogP contribution < -0.4 is 10.5 Å².